The molecule has 4 aliphatic rings. The second kappa shape index (κ2) is 7.55. The maximum atomic E-state index is 12.4. The largest absolute Gasteiger partial charge is 0.293 e. The van der Waals surface area contributed by atoms with E-state index in [0.29, 0.717) is 15.6 Å². The molecule has 4 bridgehead atoms. The van der Waals surface area contributed by atoms with Crippen LogP contribution in [0.15, 0.2) is 12.1 Å². The second-order valence-electron chi connectivity index (χ2n) is 8.72. The SMILES string of the molecule is O=C(CCC(=O)c1ccc(Cl)s1)NNC(=O)CC12CC3CC(CC(C3)C1)C2. The highest BCUT2D eigenvalue weighted by atomic mass is 35.5. The highest BCUT2D eigenvalue weighted by Crippen LogP contribution is 2.61. The smallest absolute Gasteiger partial charge is 0.238 e. The van der Waals surface area contributed by atoms with Gasteiger partial charge in [0.05, 0.1) is 9.21 Å². The summed E-state index contributed by atoms with van der Waals surface area (Å²) in [5.41, 5.74) is 5.17. The molecular formula is C20H25ClN2O3S. The fraction of sp³-hybridized carbons (Fsp3) is 0.650. The molecule has 0 saturated heterocycles. The zero-order valence-corrected chi connectivity index (χ0v) is 16.8. The highest BCUT2D eigenvalue weighted by molar-refractivity contribution is 7.18. The number of Topliss-reactive ketones (excluding diaryl/α,β-unsaturated/α-hetero) is 1. The first-order valence-electron chi connectivity index (χ1n) is 9.77. The molecule has 2 amide bonds. The maximum absolute atomic E-state index is 12.4. The van der Waals surface area contributed by atoms with Crippen molar-refractivity contribution in [2.24, 2.45) is 23.2 Å². The van der Waals surface area contributed by atoms with Crippen LogP contribution in [0.25, 0.3) is 0 Å². The molecule has 7 heteroatoms. The summed E-state index contributed by atoms with van der Waals surface area (Å²) in [6.45, 7) is 0. The van der Waals surface area contributed by atoms with Crippen LogP contribution in [-0.2, 0) is 9.59 Å². The number of thiophene rings is 1. The molecule has 1 heterocycles. The molecule has 0 spiro atoms. The Balaban J connectivity index is 1.20. The fourth-order valence-electron chi connectivity index (χ4n) is 5.91. The third kappa shape index (κ3) is 4.37. The Morgan fingerprint density at radius 2 is 1.56 bits per heavy atom. The molecule has 4 aliphatic carbocycles. The zero-order chi connectivity index (χ0) is 19.0. The minimum absolute atomic E-state index is 0.0476. The number of hydrogen-bond donors (Lipinski definition) is 2. The third-order valence-corrected chi connectivity index (χ3v) is 7.74. The van der Waals surface area contributed by atoms with E-state index in [-0.39, 0.29) is 35.9 Å². The van der Waals surface area contributed by atoms with E-state index >= 15 is 0 Å². The van der Waals surface area contributed by atoms with Gasteiger partial charge in [-0.15, -0.1) is 11.3 Å². The van der Waals surface area contributed by atoms with Gasteiger partial charge in [0.2, 0.25) is 11.8 Å². The molecule has 27 heavy (non-hydrogen) atoms. The van der Waals surface area contributed by atoms with E-state index in [1.165, 1.54) is 49.9 Å². The summed E-state index contributed by atoms with van der Waals surface area (Å²) in [5, 5.41) is 0. The van der Waals surface area contributed by atoms with Crippen molar-refractivity contribution in [1.82, 2.24) is 10.9 Å². The lowest BCUT2D eigenvalue weighted by molar-refractivity contribution is -0.134. The van der Waals surface area contributed by atoms with E-state index in [1.54, 1.807) is 12.1 Å². The molecule has 4 saturated carbocycles. The number of amides is 2. The summed E-state index contributed by atoms with van der Waals surface area (Å²) in [7, 11) is 0. The number of halogens is 1. The standard InChI is InChI=1S/C20H25ClN2O3S/c21-17-3-2-16(27-17)15(24)1-4-18(25)22-23-19(26)11-20-8-12-5-13(9-20)7-14(6-12)10-20/h2-3,12-14H,1,4-11H2,(H,22,25)(H,23,26). The molecule has 4 fully saturated rings. The summed E-state index contributed by atoms with van der Waals surface area (Å²) in [6.07, 6.45) is 8.20. The quantitative estimate of drug-likeness (QED) is 0.549. The lowest BCUT2D eigenvalue weighted by Gasteiger charge is -2.56. The Kier molecular flexibility index (Phi) is 5.30. The predicted molar refractivity (Wildman–Crippen MR) is 104 cm³/mol. The molecule has 146 valence electrons. The van der Waals surface area contributed by atoms with Crippen LogP contribution in [0.2, 0.25) is 4.34 Å². The Morgan fingerprint density at radius 1 is 0.963 bits per heavy atom. The van der Waals surface area contributed by atoms with Crippen LogP contribution in [0.4, 0.5) is 0 Å². The van der Waals surface area contributed by atoms with Gasteiger partial charge in [-0.25, -0.2) is 0 Å². The van der Waals surface area contributed by atoms with Crippen LogP contribution in [0, 0.1) is 23.2 Å². The number of carbonyl (C=O) groups is 3. The van der Waals surface area contributed by atoms with Crippen LogP contribution in [0.1, 0.15) is 67.5 Å². The molecule has 0 unspecified atom stereocenters. The average molecular weight is 409 g/mol. The number of nitrogens with one attached hydrogen (secondary N) is 2. The Bertz CT molecular complexity index is 725. The van der Waals surface area contributed by atoms with Crippen LogP contribution in [-0.4, -0.2) is 17.6 Å². The summed E-state index contributed by atoms with van der Waals surface area (Å²) in [6, 6.07) is 3.34. The molecule has 0 aromatic carbocycles. The molecule has 0 radical (unpaired) electrons. The Morgan fingerprint density at radius 3 is 2.11 bits per heavy atom. The van der Waals surface area contributed by atoms with Crippen LogP contribution < -0.4 is 10.9 Å². The van der Waals surface area contributed by atoms with E-state index in [4.69, 9.17) is 11.6 Å². The summed E-state index contributed by atoms with van der Waals surface area (Å²) in [5.74, 6) is 1.84. The van der Waals surface area contributed by atoms with Gasteiger partial charge in [0.25, 0.3) is 0 Å². The summed E-state index contributed by atoms with van der Waals surface area (Å²) < 4.78 is 0.555. The number of hydrogen-bond acceptors (Lipinski definition) is 4. The second-order valence-corrected chi connectivity index (χ2v) is 10.4. The molecule has 5 rings (SSSR count). The van der Waals surface area contributed by atoms with Gasteiger partial charge >= 0.3 is 0 Å². The van der Waals surface area contributed by atoms with E-state index in [1.807, 2.05) is 0 Å². The molecular weight excluding hydrogens is 384 g/mol. The molecule has 0 aliphatic heterocycles. The lowest BCUT2D eigenvalue weighted by atomic mass is 9.49. The number of hydrazine groups is 1. The molecule has 1 aromatic rings. The fourth-order valence-corrected chi connectivity index (χ4v) is 6.92. The average Bonchev–Trinajstić information content (AvgIpc) is 3.03. The minimum atomic E-state index is -0.343. The van der Waals surface area contributed by atoms with Gasteiger partial charge in [-0.3, -0.25) is 25.2 Å². The van der Waals surface area contributed by atoms with Gasteiger partial charge in [0.15, 0.2) is 5.78 Å². The summed E-state index contributed by atoms with van der Waals surface area (Å²) in [4.78, 5) is 36.9. The Hall–Kier alpha value is -1.40. The molecule has 1 aromatic heterocycles. The molecule has 0 atom stereocenters. The van der Waals surface area contributed by atoms with Gasteiger partial charge in [0.1, 0.15) is 0 Å². The number of ketones is 1. The first-order chi connectivity index (χ1) is 12.9. The maximum Gasteiger partial charge on any atom is 0.238 e. The number of rotatable bonds is 6. The first-order valence-corrected chi connectivity index (χ1v) is 11.0. The molecule has 2 N–H and O–H groups in total. The van der Waals surface area contributed by atoms with Crippen molar-refractivity contribution in [2.75, 3.05) is 0 Å². The van der Waals surface area contributed by atoms with Gasteiger partial charge in [-0.1, -0.05) is 11.6 Å². The van der Waals surface area contributed by atoms with Gasteiger partial charge in [0, 0.05) is 19.3 Å². The van der Waals surface area contributed by atoms with E-state index < -0.39 is 0 Å². The van der Waals surface area contributed by atoms with Gasteiger partial charge < -0.3 is 0 Å². The van der Waals surface area contributed by atoms with Crippen molar-refractivity contribution in [3.8, 4) is 0 Å². The van der Waals surface area contributed by atoms with Crippen molar-refractivity contribution in [2.45, 2.75) is 57.8 Å². The molecule has 5 nitrogen and oxygen atoms in total. The predicted octanol–water partition coefficient (Wildman–Crippen LogP) is 4.12. The highest BCUT2D eigenvalue weighted by Gasteiger charge is 2.51. The van der Waals surface area contributed by atoms with Crippen LogP contribution in [0.5, 0.6) is 0 Å². The van der Waals surface area contributed by atoms with Crippen LogP contribution in [0.3, 0.4) is 0 Å². The topological polar surface area (TPSA) is 75.3 Å². The van der Waals surface area contributed by atoms with Gasteiger partial charge in [-0.05, 0) is 73.8 Å². The normalized spacial score (nSPS) is 30.9. The first kappa shape index (κ1) is 18.9. The third-order valence-electron chi connectivity index (χ3n) is 6.47. The van der Waals surface area contributed by atoms with E-state index in [0.717, 1.165) is 17.8 Å². The van der Waals surface area contributed by atoms with Crippen molar-refractivity contribution >= 4 is 40.5 Å². The lowest BCUT2D eigenvalue weighted by Crippen LogP contribution is -2.50. The van der Waals surface area contributed by atoms with Gasteiger partial charge in [-0.2, -0.15) is 0 Å². The number of carbonyl (C=O) groups excluding carboxylic acids is 3. The van der Waals surface area contributed by atoms with Crippen LogP contribution >= 0.6 is 22.9 Å². The van der Waals surface area contributed by atoms with E-state index in [2.05, 4.69) is 10.9 Å². The van der Waals surface area contributed by atoms with E-state index in [9.17, 15) is 14.4 Å². The summed E-state index contributed by atoms with van der Waals surface area (Å²) >= 11 is 7.03. The Labute approximate surface area is 168 Å². The zero-order valence-electron chi connectivity index (χ0n) is 15.3. The van der Waals surface area contributed by atoms with Crippen molar-refractivity contribution in [3.63, 3.8) is 0 Å². The van der Waals surface area contributed by atoms with Crippen molar-refractivity contribution in [1.29, 1.82) is 0 Å². The van der Waals surface area contributed by atoms with Crippen molar-refractivity contribution in [3.05, 3.63) is 21.3 Å². The monoisotopic (exact) mass is 408 g/mol. The minimum Gasteiger partial charge on any atom is -0.293 e. The van der Waals surface area contributed by atoms with Crippen molar-refractivity contribution < 1.29 is 14.4 Å².